The van der Waals surface area contributed by atoms with E-state index in [2.05, 4.69) is 0 Å². The van der Waals surface area contributed by atoms with Gasteiger partial charge in [0, 0.05) is 29.3 Å². The lowest BCUT2D eigenvalue weighted by Crippen LogP contribution is -2.34. The normalized spacial score (nSPS) is 16.3. The van der Waals surface area contributed by atoms with Crippen LogP contribution in [0.1, 0.15) is 18.5 Å². The Labute approximate surface area is 191 Å². The van der Waals surface area contributed by atoms with Crippen LogP contribution in [0.2, 0.25) is 0 Å². The Kier molecular flexibility index (Phi) is 6.54. The molecule has 33 heavy (non-hydrogen) atoms. The van der Waals surface area contributed by atoms with Crippen LogP contribution in [0.25, 0.3) is 0 Å². The molecule has 0 spiro atoms. The number of ether oxygens (including phenoxy) is 1. The number of nitro benzene ring substituents is 1. The van der Waals surface area contributed by atoms with Crippen LogP contribution in [0, 0.1) is 10.1 Å². The van der Waals surface area contributed by atoms with Gasteiger partial charge in [-0.25, -0.2) is 9.46 Å². The molecule has 4 rings (SSSR count). The van der Waals surface area contributed by atoms with Crippen LogP contribution < -0.4 is 10.6 Å². The summed E-state index contributed by atoms with van der Waals surface area (Å²) in [5.74, 6) is -0.524. The number of esters is 1. The Bertz CT molecular complexity index is 1200. The highest BCUT2D eigenvalue weighted by Gasteiger charge is 2.45. The maximum absolute atomic E-state index is 15.0. The quantitative estimate of drug-likeness (QED) is 0.224. The molecule has 168 valence electrons. The number of benzene rings is 3. The predicted molar refractivity (Wildman–Crippen MR) is 127 cm³/mol. The van der Waals surface area contributed by atoms with Crippen molar-refractivity contribution >= 4 is 29.6 Å². The standard InChI is InChI=1S/C25H23N2O5P/c1-2-32-25(28)23-16-17-26(24(23)19-10-9-11-20(18-19)27(29)30)33(31,21-12-5-3-6-13-21)22-14-7-4-8-15-22/h3-16,18,24H,2,17H2,1H3. The predicted octanol–water partition coefficient (Wildman–Crippen LogP) is 4.37. The van der Waals surface area contributed by atoms with E-state index in [1.54, 1.807) is 54.1 Å². The van der Waals surface area contributed by atoms with Gasteiger partial charge < -0.3 is 4.74 Å². The van der Waals surface area contributed by atoms with Gasteiger partial charge in [0.1, 0.15) is 0 Å². The van der Waals surface area contributed by atoms with Crippen LogP contribution in [-0.2, 0) is 14.1 Å². The highest BCUT2D eigenvalue weighted by molar-refractivity contribution is 7.76. The summed E-state index contributed by atoms with van der Waals surface area (Å²) < 4.78 is 22.0. The van der Waals surface area contributed by atoms with Crippen molar-refractivity contribution in [3.63, 3.8) is 0 Å². The van der Waals surface area contributed by atoms with E-state index in [9.17, 15) is 19.5 Å². The zero-order valence-corrected chi connectivity index (χ0v) is 18.9. The molecule has 0 aliphatic carbocycles. The highest BCUT2D eigenvalue weighted by atomic mass is 31.2. The molecule has 7 nitrogen and oxygen atoms in total. The molecule has 3 aromatic rings. The topological polar surface area (TPSA) is 89.8 Å². The van der Waals surface area contributed by atoms with E-state index in [0.717, 1.165) is 0 Å². The molecule has 1 atom stereocenters. The minimum absolute atomic E-state index is 0.100. The van der Waals surface area contributed by atoms with Crippen LogP contribution in [0.15, 0.2) is 96.6 Å². The van der Waals surface area contributed by atoms with Gasteiger partial charge in [-0.2, -0.15) is 0 Å². The second-order valence-corrected chi connectivity index (χ2v) is 10.2. The van der Waals surface area contributed by atoms with Crippen LogP contribution in [0.3, 0.4) is 0 Å². The molecule has 8 heteroatoms. The number of rotatable bonds is 7. The number of nitrogens with zero attached hydrogens (tertiary/aromatic N) is 2. The number of carbonyl (C=O) groups excluding carboxylic acids is 1. The molecule has 0 radical (unpaired) electrons. The molecule has 1 heterocycles. The molecule has 1 aliphatic rings. The maximum Gasteiger partial charge on any atom is 0.335 e. The third kappa shape index (κ3) is 4.25. The molecule has 3 aromatic carbocycles. The summed E-state index contributed by atoms with van der Waals surface area (Å²) in [6.45, 7) is 2.13. The number of hydrogen-bond donors (Lipinski definition) is 0. The third-order valence-corrected chi connectivity index (χ3v) is 8.69. The average molecular weight is 462 g/mol. The minimum Gasteiger partial charge on any atom is -0.463 e. The molecule has 0 bridgehead atoms. The second-order valence-electron chi connectivity index (χ2n) is 7.50. The van der Waals surface area contributed by atoms with Crippen molar-refractivity contribution < 1.29 is 19.0 Å². The van der Waals surface area contributed by atoms with E-state index in [1.807, 2.05) is 36.4 Å². The van der Waals surface area contributed by atoms with Crippen molar-refractivity contribution in [2.45, 2.75) is 13.0 Å². The van der Waals surface area contributed by atoms with Crippen LogP contribution >= 0.6 is 7.29 Å². The van der Waals surface area contributed by atoms with E-state index in [1.165, 1.54) is 12.1 Å². The van der Waals surface area contributed by atoms with E-state index in [4.69, 9.17) is 4.74 Å². The van der Waals surface area contributed by atoms with Crippen LogP contribution in [-0.4, -0.2) is 28.7 Å². The van der Waals surface area contributed by atoms with Gasteiger partial charge in [-0.1, -0.05) is 54.6 Å². The molecule has 0 saturated heterocycles. The Morgan fingerprint density at radius 3 is 2.18 bits per heavy atom. The van der Waals surface area contributed by atoms with Gasteiger partial charge in [-0.3, -0.25) is 14.7 Å². The smallest absolute Gasteiger partial charge is 0.335 e. The Morgan fingerprint density at radius 2 is 1.64 bits per heavy atom. The maximum atomic E-state index is 15.0. The zero-order chi connectivity index (χ0) is 23.4. The van der Waals surface area contributed by atoms with E-state index >= 15 is 0 Å². The first kappa shape index (κ1) is 22.6. The summed E-state index contributed by atoms with van der Waals surface area (Å²) >= 11 is 0. The average Bonchev–Trinajstić information content (AvgIpc) is 3.31. The van der Waals surface area contributed by atoms with Crippen molar-refractivity contribution in [2.24, 2.45) is 0 Å². The molecule has 0 N–H and O–H groups in total. The number of carbonyl (C=O) groups is 1. The summed E-state index contributed by atoms with van der Waals surface area (Å²) in [4.78, 5) is 23.8. The first-order chi connectivity index (χ1) is 16.0. The molecule has 0 aromatic heterocycles. The van der Waals surface area contributed by atoms with Gasteiger partial charge in [0.2, 0.25) is 7.29 Å². The van der Waals surface area contributed by atoms with Gasteiger partial charge >= 0.3 is 5.97 Å². The monoisotopic (exact) mass is 462 g/mol. The van der Waals surface area contributed by atoms with Crippen molar-refractivity contribution in [3.8, 4) is 0 Å². The number of hydrogen-bond acceptors (Lipinski definition) is 5. The fourth-order valence-corrected chi connectivity index (χ4v) is 7.06. The van der Waals surface area contributed by atoms with Crippen LogP contribution in [0.4, 0.5) is 5.69 Å². The highest BCUT2D eigenvalue weighted by Crippen LogP contribution is 2.56. The largest absolute Gasteiger partial charge is 0.463 e. The van der Waals surface area contributed by atoms with E-state index in [-0.39, 0.29) is 18.8 Å². The summed E-state index contributed by atoms with van der Waals surface area (Å²) in [6, 6.07) is 23.6. The lowest BCUT2D eigenvalue weighted by atomic mass is 10.0. The molecular weight excluding hydrogens is 439 g/mol. The summed E-state index contributed by atoms with van der Waals surface area (Å²) in [7, 11) is -3.42. The summed E-state index contributed by atoms with van der Waals surface area (Å²) in [5, 5.41) is 12.7. The fourth-order valence-electron chi connectivity index (χ4n) is 4.12. The molecular formula is C25H23N2O5P. The van der Waals surface area contributed by atoms with Gasteiger partial charge in [-0.15, -0.1) is 0 Å². The Balaban J connectivity index is 1.91. The summed E-state index contributed by atoms with van der Waals surface area (Å²) in [5.41, 5.74) is 0.731. The Morgan fingerprint density at radius 1 is 1.03 bits per heavy atom. The van der Waals surface area contributed by atoms with Crippen LogP contribution in [0.5, 0.6) is 0 Å². The fraction of sp³-hybridized carbons (Fsp3) is 0.160. The third-order valence-electron chi connectivity index (χ3n) is 5.57. The number of nitro groups is 1. The number of non-ortho nitro benzene ring substituents is 1. The van der Waals surface area contributed by atoms with Gasteiger partial charge in [0.25, 0.3) is 5.69 Å². The summed E-state index contributed by atoms with van der Waals surface area (Å²) in [6.07, 6.45) is 1.71. The molecule has 0 saturated carbocycles. The lowest BCUT2D eigenvalue weighted by molar-refractivity contribution is -0.384. The molecule has 0 fully saturated rings. The van der Waals surface area contributed by atoms with E-state index < -0.39 is 24.2 Å². The zero-order valence-electron chi connectivity index (χ0n) is 18.0. The van der Waals surface area contributed by atoms with Crippen molar-refractivity contribution in [1.82, 2.24) is 4.67 Å². The molecule has 1 unspecified atom stereocenters. The first-order valence-corrected chi connectivity index (χ1v) is 12.2. The Hall–Kier alpha value is -3.54. The second kappa shape index (κ2) is 9.53. The molecule has 0 amide bonds. The van der Waals surface area contributed by atoms with E-state index in [0.29, 0.717) is 21.7 Å². The first-order valence-electron chi connectivity index (χ1n) is 10.6. The lowest BCUT2D eigenvalue weighted by Gasteiger charge is -2.35. The van der Waals surface area contributed by atoms with Crippen molar-refractivity contribution in [1.29, 1.82) is 0 Å². The minimum atomic E-state index is -3.42. The van der Waals surface area contributed by atoms with Gasteiger partial charge in [0.15, 0.2) is 0 Å². The van der Waals surface area contributed by atoms with Gasteiger partial charge in [-0.05, 0) is 36.8 Å². The van der Waals surface area contributed by atoms with Crippen molar-refractivity contribution in [2.75, 3.05) is 13.2 Å². The SMILES string of the molecule is CCOC(=O)C1=CCN(P(=O)(c2ccccc2)c2ccccc2)C1c1cccc([N+](=O)[O-])c1. The van der Waals surface area contributed by atoms with Gasteiger partial charge in [0.05, 0.1) is 23.1 Å². The van der Waals surface area contributed by atoms with Crippen molar-refractivity contribution in [3.05, 3.63) is 112 Å². The molecule has 1 aliphatic heterocycles.